The van der Waals surface area contributed by atoms with Gasteiger partial charge >= 0.3 is 6.18 Å². The molecule has 0 atom stereocenters. The number of carbonyl (C=O) groups excluding carboxylic acids is 1. The standard InChI is InChI=1S/C26H28ClF3N2O3S/c1-25(2,3)16-31(4)24(33)21-20(18-11-13-19(27)14-12-18)22(36(5,34)35)23(26(28,29)30)32(21)15-17-9-7-6-8-10-17/h6-14H,15-16H2,1-5H3. The molecule has 3 rings (SSSR count). The summed E-state index contributed by atoms with van der Waals surface area (Å²) in [6.45, 7) is 5.56. The fourth-order valence-corrected chi connectivity index (χ4v) is 5.52. The molecular formula is C26H28ClF3N2O3S. The molecular weight excluding hydrogens is 513 g/mol. The van der Waals surface area contributed by atoms with Crippen LogP contribution in [0.2, 0.25) is 5.02 Å². The normalized spacial score (nSPS) is 12.6. The average Bonchev–Trinajstić information content (AvgIpc) is 3.09. The lowest BCUT2D eigenvalue weighted by Crippen LogP contribution is -2.36. The highest BCUT2D eigenvalue weighted by molar-refractivity contribution is 7.91. The topological polar surface area (TPSA) is 59.4 Å². The highest BCUT2D eigenvalue weighted by Crippen LogP contribution is 2.44. The van der Waals surface area contributed by atoms with E-state index in [9.17, 15) is 26.4 Å². The first kappa shape index (κ1) is 27.8. The van der Waals surface area contributed by atoms with Crippen LogP contribution in [0.4, 0.5) is 13.2 Å². The smallest absolute Gasteiger partial charge is 0.340 e. The Balaban J connectivity index is 2.49. The minimum Gasteiger partial charge on any atom is -0.340 e. The second-order valence-electron chi connectivity index (χ2n) is 9.97. The molecule has 3 aromatic rings. The number of hydrogen-bond acceptors (Lipinski definition) is 3. The van der Waals surface area contributed by atoms with Gasteiger partial charge in [0.2, 0.25) is 0 Å². The van der Waals surface area contributed by atoms with Gasteiger partial charge in [-0.15, -0.1) is 0 Å². The van der Waals surface area contributed by atoms with E-state index in [1.54, 1.807) is 30.3 Å². The number of benzene rings is 2. The number of hydrogen-bond donors (Lipinski definition) is 0. The van der Waals surface area contributed by atoms with Gasteiger partial charge in [0, 0.05) is 37.0 Å². The zero-order valence-electron chi connectivity index (χ0n) is 20.6. The van der Waals surface area contributed by atoms with Crippen molar-refractivity contribution in [2.75, 3.05) is 19.8 Å². The quantitative estimate of drug-likeness (QED) is 0.363. The number of amides is 1. The van der Waals surface area contributed by atoms with Crippen molar-refractivity contribution in [3.8, 4) is 11.1 Å². The van der Waals surface area contributed by atoms with Crippen LogP contribution in [0.1, 0.15) is 42.5 Å². The summed E-state index contributed by atoms with van der Waals surface area (Å²) in [5.74, 6) is -0.716. The van der Waals surface area contributed by atoms with Crippen LogP contribution in [0.25, 0.3) is 11.1 Å². The Morgan fingerprint density at radius 2 is 1.56 bits per heavy atom. The van der Waals surface area contributed by atoms with Crippen molar-refractivity contribution in [3.05, 3.63) is 76.6 Å². The maximum Gasteiger partial charge on any atom is 0.432 e. The lowest BCUT2D eigenvalue weighted by atomic mass is 9.96. The molecule has 0 fully saturated rings. The number of aromatic nitrogens is 1. The monoisotopic (exact) mass is 540 g/mol. The number of halogens is 4. The van der Waals surface area contributed by atoms with Crippen molar-refractivity contribution in [1.29, 1.82) is 0 Å². The molecule has 2 aromatic carbocycles. The maximum absolute atomic E-state index is 14.6. The largest absolute Gasteiger partial charge is 0.432 e. The van der Waals surface area contributed by atoms with E-state index in [0.717, 1.165) is 10.8 Å². The van der Waals surface area contributed by atoms with Crippen molar-refractivity contribution >= 4 is 27.3 Å². The van der Waals surface area contributed by atoms with Gasteiger partial charge in [0.25, 0.3) is 5.91 Å². The second kappa shape index (κ2) is 9.94. The number of nitrogens with zero attached hydrogens (tertiary/aromatic N) is 2. The Kier molecular flexibility index (Phi) is 7.67. The third-order valence-electron chi connectivity index (χ3n) is 5.44. The lowest BCUT2D eigenvalue weighted by Gasteiger charge is -2.27. The molecule has 1 aromatic heterocycles. The van der Waals surface area contributed by atoms with E-state index in [1.165, 1.54) is 36.2 Å². The minimum atomic E-state index is -5.06. The summed E-state index contributed by atoms with van der Waals surface area (Å²) < 4.78 is 70.5. The number of sulfone groups is 1. The van der Waals surface area contributed by atoms with Crippen LogP contribution in [0.5, 0.6) is 0 Å². The first-order valence-electron chi connectivity index (χ1n) is 11.1. The summed E-state index contributed by atoms with van der Waals surface area (Å²) in [6, 6.07) is 14.0. The first-order valence-corrected chi connectivity index (χ1v) is 13.4. The van der Waals surface area contributed by atoms with Gasteiger partial charge in [-0.25, -0.2) is 8.42 Å². The van der Waals surface area contributed by atoms with E-state index in [2.05, 4.69) is 0 Å². The molecule has 36 heavy (non-hydrogen) atoms. The summed E-state index contributed by atoms with van der Waals surface area (Å²) in [6.07, 6.45) is -4.34. The van der Waals surface area contributed by atoms with Crippen LogP contribution >= 0.6 is 11.6 Å². The zero-order chi connectivity index (χ0) is 27.1. The van der Waals surface area contributed by atoms with Crippen LogP contribution in [0, 0.1) is 5.41 Å². The Morgan fingerprint density at radius 3 is 2.03 bits per heavy atom. The van der Waals surface area contributed by atoms with Crippen LogP contribution in [0.15, 0.2) is 59.5 Å². The molecule has 0 unspecified atom stereocenters. The summed E-state index contributed by atoms with van der Waals surface area (Å²) in [5, 5.41) is 0.317. The summed E-state index contributed by atoms with van der Waals surface area (Å²) in [7, 11) is -2.95. The Bertz CT molecular complexity index is 1360. The summed E-state index contributed by atoms with van der Waals surface area (Å²) in [5.41, 5.74) is -1.75. The Hall–Kier alpha value is -2.78. The third-order valence-corrected chi connectivity index (χ3v) is 6.83. The Morgan fingerprint density at radius 1 is 1.00 bits per heavy atom. The molecule has 0 aliphatic rings. The van der Waals surface area contributed by atoms with Gasteiger partial charge in [-0.3, -0.25) is 4.79 Å². The Labute approximate surface area is 214 Å². The molecule has 0 saturated heterocycles. The van der Waals surface area contributed by atoms with Crippen LogP contribution in [0.3, 0.4) is 0 Å². The van der Waals surface area contributed by atoms with Gasteiger partial charge in [0.05, 0.1) is 0 Å². The van der Waals surface area contributed by atoms with Crippen molar-refractivity contribution in [2.45, 2.75) is 38.4 Å². The highest BCUT2D eigenvalue weighted by atomic mass is 35.5. The molecule has 0 bridgehead atoms. The van der Waals surface area contributed by atoms with E-state index in [0.29, 0.717) is 10.6 Å². The van der Waals surface area contributed by atoms with Gasteiger partial charge in [-0.1, -0.05) is 74.8 Å². The van der Waals surface area contributed by atoms with Crippen LogP contribution < -0.4 is 0 Å². The zero-order valence-corrected chi connectivity index (χ0v) is 22.2. The predicted octanol–water partition coefficient (Wildman–Crippen LogP) is 6.40. The van der Waals surface area contributed by atoms with E-state index >= 15 is 0 Å². The molecule has 0 saturated carbocycles. The van der Waals surface area contributed by atoms with Crippen molar-refractivity contribution < 1.29 is 26.4 Å². The molecule has 1 heterocycles. The summed E-state index contributed by atoms with van der Waals surface area (Å²) in [4.78, 5) is 14.2. The van der Waals surface area contributed by atoms with E-state index in [-0.39, 0.29) is 35.3 Å². The van der Waals surface area contributed by atoms with E-state index < -0.39 is 32.5 Å². The molecule has 0 radical (unpaired) electrons. The number of alkyl halides is 3. The molecule has 5 nitrogen and oxygen atoms in total. The second-order valence-corrected chi connectivity index (χ2v) is 12.4. The number of rotatable bonds is 6. The molecule has 0 aliphatic heterocycles. The van der Waals surface area contributed by atoms with Gasteiger partial charge in [0.1, 0.15) is 16.3 Å². The first-order chi connectivity index (χ1) is 16.5. The van der Waals surface area contributed by atoms with Gasteiger partial charge in [-0.2, -0.15) is 13.2 Å². The van der Waals surface area contributed by atoms with Gasteiger partial charge in [-0.05, 0) is 28.7 Å². The fraction of sp³-hybridized carbons (Fsp3) is 0.346. The molecule has 0 N–H and O–H groups in total. The molecule has 1 amide bonds. The van der Waals surface area contributed by atoms with Crippen molar-refractivity contribution in [2.24, 2.45) is 5.41 Å². The van der Waals surface area contributed by atoms with Crippen molar-refractivity contribution in [3.63, 3.8) is 0 Å². The average molecular weight is 541 g/mol. The minimum absolute atomic E-state index is 0.143. The molecule has 10 heteroatoms. The fourth-order valence-electron chi connectivity index (χ4n) is 4.23. The van der Waals surface area contributed by atoms with Crippen molar-refractivity contribution in [1.82, 2.24) is 9.47 Å². The van der Waals surface area contributed by atoms with Gasteiger partial charge in [0.15, 0.2) is 9.84 Å². The third kappa shape index (κ3) is 6.13. The van der Waals surface area contributed by atoms with E-state index in [4.69, 9.17) is 11.6 Å². The molecule has 0 spiro atoms. The van der Waals surface area contributed by atoms with Crippen LogP contribution in [-0.2, 0) is 22.6 Å². The highest BCUT2D eigenvalue weighted by Gasteiger charge is 2.46. The molecule has 0 aliphatic carbocycles. The maximum atomic E-state index is 14.6. The number of carbonyl (C=O) groups is 1. The summed E-state index contributed by atoms with van der Waals surface area (Å²) >= 11 is 5.99. The predicted molar refractivity (Wildman–Crippen MR) is 135 cm³/mol. The van der Waals surface area contributed by atoms with E-state index in [1.807, 2.05) is 20.8 Å². The lowest BCUT2D eigenvalue weighted by molar-refractivity contribution is -0.145. The SMILES string of the molecule is CN(CC(C)(C)C)C(=O)c1c(-c2ccc(Cl)cc2)c(S(C)(=O)=O)c(C(F)(F)F)n1Cc1ccccc1. The van der Waals surface area contributed by atoms with Crippen LogP contribution in [-0.4, -0.2) is 43.6 Å². The van der Waals surface area contributed by atoms with Gasteiger partial charge < -0.3 is 9.47 Å². The molecule has 194 valence electrons.